The van der Waals surface area contributed by atoms with Gasteiger partial charge in [-0.15, -0.1) is 0 Å². The van der Waals surface area contributed by atoms with Crippen LogP contribution in [0, 0.1) is 0 Å². The molecule has 0 saturated carbocycles. The maximum Gasteiger partial charge on any atom is 0.303 e. The van der Waals surface area contributed by atoms with Gasteiger partial charge in [-0.1, -0.05) is 6.92 Å². The van der Waals surface area contributed by atoms with E-state index in [4.69, 9.17) is 5.11 Å². The molecule has 4 nitrogen and oxygen atoms in total. The van der Waals surface area contributed by atoms with E-state index >= 15 is 0 Å². The average Bonchev–Trinajstić information content (AvgIpc) is 2.26. The maximum absolute atomic E-state index is 10.5. The fourth-order valence-electron chi connectivity index (χ4n) is 2.30. The van der Waals surface area contributed by atoms with Gasteiger partial charge >= 0.3 is 5.97 Å². The zero-order chi connectivity index (χ0) is 12.0. The van der Waals surface area contributed by atoms with Crippen LogP contribution in [-0.2, 0) is 4.79 Å². The van der Waals surface area contributed by atoms with E-state index in [0.29, 0.717) is 12.1 Å². The van der Waals surface area contributed by atoms with E-state index < -0.39 is 5.97 Å². The Balaban J connectivity index is 2.22. The summed E-state index contributed by atoms with van der Waals surface area (Å²) in [4.78, 5) is 12.9. The summed E-state index contributed by atoms with van der Waals surface area (Å²) in [5.74, 6) is -0.701. The van der Waals surface area contributed by atoms with Crippen LogP contribution in [0.3, 0.4) is 0 Å². The highest BCUT2D eigenvalue weighted by atomic mass is 16.4. The molecule has 16 heavy (non-hydrogen) atoms. The molecule has 1 fully saturated rings. The van der Waals surface area contributed by atoms with Crippen LogP contribution >= 0.6 is 0 Å². The number of nitrogens with one attached hydrogen (secondary N) is 1. The molecule has 1 aliphatic heterocycles. The minimum absolute atomic E-state index is 0.262. The van der Waals surface area contributed by atoms with Crippen molar-refractivity contribution in [2.24, 2.45) is 0 Å². The van der Waals surface area contributed by atoms with Crippen molar-refractivity contribution in [3.8, 4) is 0 Å². The van der Waals surface area contributed by atoms with E-state index in [9.17, 15) is 4.79 Å². The van der Waals surface area contributed by atoms with Gasteiger partial charge in [-0.3, -0.25) is 4.79 Å². The number of likely N-dealkylation sites (N-methyl/N-ethyl adjacent to an activating group) is 1. The third kappa shape index (κ3) is 4.94. The Bertz CT molecular complexity index is 221. The van der Waals surface area contributed by atoms with Crippen LogP contribution in [0.1, 0.15) is 39.5 Å². The van der Waals surface area contributed by atoms with Crippen LogP contribution in [-0.4, -0.2) is 47.7 Å². The molecule has 4 heteroatoms. The highest BCUT2D eigenvalue weighted by Crippen LogP contribution is 2.11. The lowest BCUT2D eigenvalue weighted by Crippen LogP contribution is -2.48. The predicted molar refractivity (Wildman–Crippen MR) is 64.6 cm³/mol. The van der Waals surface area contributed by atoms with Crippen LogP contribution in [0.5, 0.6) is 0 Å². The van der Waals surface area contributed by atoms with Crippen LogP contribution in [0.15, 0.2) is 0 Å². The number of aliphatic carboxylic acids is 1. The number of rotatable bonds is 6. The van der Waals surface area contributed by atoms with Gasteiger partial charge < -0.3 is 15.3 Å². The Labute approximate surface area is 98.0 Å². The molecule has 0 aromatic rings. The molecule has 0 bridgehead atoms. The van der Waals surface area contributed by atoms with E-state index in [0.717, 1.165) is 19.5 Å². The van der Waals surface area contributed by atoms with Gasteiger partial charge in [0.25, 0.3) is 0 Å². The molecule has 1 saturated heterocycles. The van der Waals surface area contributed by atoms with Crippen LogP contribution in [0.2, 0.25) is 0 Å². The normalized spacial score (nSPS) is 24.2. The summed E-state index contributed by atoms with van der Waals surface area (Å²) < 4.78 is 0. The number of nitrogens with zero attached hydrogens (tertiary/aromatic N) is 1. The first-order chi connectivity index (χ1) is 7.61. The zero-order valence-electron chi connectivity index (χ0n) is 10.4. The standard InChI is InChI=1S/C12H24N2O2/c1-3-14-8-4-5-11(9-14)13-10(2)6-7-12(15)16/h10-11,13H,3-9H2,1-2H3,(H,15,16). The second-order valence-corrected chi connectivity index (χ2v) is 4.73. The molecule has 2 N–H and O–H groups in total. The smallest absolute Gasteiger partial charge is 0.303 e. The molecule has 0 aromatic carbocycles. The van der Waals surface area contributed by atoms with E-state index in [1.54, 1.807) is 0 Å². The monoisotopic (exact) mass is 228 g/mol. The van der Waals surface area contributed by atoms with Gasteiger partial charge in [-0.05, 0) is 39.3 Å². The van der Waals surface area contributed by atoms with Crippen LogP contribution in [0.4, 0.5) is 0 Å². The molecule has 0 aliphatic carbocycles. The second-order valence-electron chi connectivity index (χ2n) is 4.73. The largest absolute Gasteiger partial charge is 0.481 e. The summed E-state index contributed by atoms with van der Waals surface area (Å²) in [6, 6.07) is 0.843. The fourth-order valence-corrected chi connectivity index (χ4v) is 2.30. The minimum Gasteiger partial charge on any atom is -0.481 e. The number of carboxylic acid groups (broad SMARTS) is 1. The average molecular weight is 228 g/mol. The highest BCUT2D eigenvalue weighted by molar-refractivity contribution is 5.66. The maximum atomic E-state index is 10.5. The first-order valence-corrected chi connectivity index (χ1v) is 6.32. The molecule has 1 heterocycles. The Morgan fingerprint density at radius 2 is 2.38 bits per heavy atom. The summed E-state index contributed by atoms with van der Waals surface area (Å²) >= 11 is 0. The van der Waals surface area contributed by atoms with Crippen molar-refractivity contribution in [1.82, 2.24) is 10.2 Å². The second kappa shape index (κ2) is 6.86. The van der Waals surface area contributed by atoms with Crippen LogP contribution < -0.4 is 5.32 Å². The lowest BCUT2D eigenvalue weighted by Gasteiger charge is -2.34. The molecular formula is C12H24N2O2. The molecular weight excluding hydrogens is 204 g/mol. The van der Waals surface area contributed by atoms with Gasteiger partial charge in [0.05, 0.1) is 0 Å². The number of carboxylic acids is 1. The Morgan fingerprint density at radius 3 is 3.00 bits per heavy atom. The van der Waals surface area contributed by atoms with Crippen molar-refractivity contribution in [1.29, 1.82) is 0 Å². The van der Waals surface area contributed by atoms with Gasteiger partial charge in [0, 0.05) is 25.0 Å². The van der Waals surface area contributed by atoms with Crippen molar-refractivity contribution in [3.63, 3.8) is 0 Å². The van der Waals surface area contributed by atoms with Gasteiger partial charge in [-0.2, -0.15) is 0 Å². The van der Waals surface area contributed by atoms with Gasteiger partial charge in [0.1, 0.15) is 0 Å². The quantitative estimate of drug-likeness (QED) is 0.720. The van der Waals surface area contributed by atoms with Gasteiger partial charge in [-0.25, -0.2) is 0 Å². The summed E-state index contributed by atoms with van der Waals surface area (Å²) in [6.45, 7) is 7.69. The first-order valence-electron chi connectivity index (χ1n) is 6.32. The van der Waals surface area contributed by atoms with E-state index in [1.165, 1.54) is 19.4 Å². The SMILES string of the molecule is CCN1CCCC(NC(C)CCC(=O)O)C1. The number of hydrogen-bond donors (Lipinski definition) is 2. The summed E-state index contributed by atoms with van der Waals surface area (Å²) in [5, 5.41) is 12.1. The molecule has 2 atom stereocenters. The zero-order valence-corrected chi connectivity index (χ0v) is 10.4. The molecule has 0 radical (unpaired) electrons. The predicted octanol–water partition coefficient (Wildman–Crippen LogP) is 1.31. The summed E-state index contributed by atoms with van der Waals surface area (Å²) in [7, 11) is 0. The lowest BCUT2D eigenvalue weighted by molar-refractivity contribution is -0.137. The Morgan fingerprint density at radius 1 is 1.62 bits per heavy atom. The minimum atomic E-state index is -0.701. The van der Waals surface area contributed by atoms with Gasteiger partial charge in [0.2, 0.25) is 0 Å². The third-order valence-corrected chi connectivity index (χ3v) is 3.26. The molecule has 2 unspecified atom stereocenters. The number of likely N-dealkylation sites (tertiary alicyclic amines) is 1. The molecule has 94 valence electrons. The molecule has 1 rings (SSSR count). The molecule has 1 aliphatic rings. The van der Waals surface area contributed by atoms with Crippen LogP contribution in [0.25, 0.3) is 0 Å². The van der Waals surface area contributed by atoms with E-state index in [1.807, 2.05) is 0 Å². The van der Waals surface area contributed by atoms with Crippen molar-refractivity contribution in [2.75, 3.05) is 19.6 Å². The Hall–Kier alpha value is -0.610. The molecule has 0 spiro atoms. The van der Waals surface area contributed by atoms with Gasteiger partial charge in [0.15, 0.2) is 0 Å². The first kappa shape index (κ1) is 13.5. The third-order valence-electron chi connectivity index (χ3n) is 3.26. The van der Waals surface area contributed by atoms with Crippen molar-refractivity contribution < 1.29 is 9.90 Å². The molecule has 0 aromatic heterocycles. The Kier molecular flexibility index (Phi) is 5.77. The summed E-state index contributed by atoms with van der Waals surface area (Å²) in [5.41, 5.74) is 0. The fraction of sp³-hybridized carbons (Fsp3) is 0.917. The number of piperidine rings is 1. The van der Waals surface area contributed by atoms with Crippen molar-refractivity contribution in [2.45, 2.75) is 51.6 Å². The van der Waals surface area contributed by atoms with E-state index in [-0.39, 0.29) is 6.42 Å². The van der Waals surface area contributed by atoms with Crippen molar-refractivity contribution in [3.05, 3.63) is 0 Å². The molecule has 0 amide bonds. The number of carbonyl (C=O) groups is 1. The highest BCUT2D eigenvalue weighted by Gasteiger charge is 2.19. The summed E-state index contributed by atoms with van der Waals surface area (Å²) in [6.07, 6.45) is 3.45. The lowest BCUT2D eigenvalue weighted by atomic mass is 10.0. The van der Waals surface area contributed by atoms with Crippen molar-refractivity contribution >= 4 is 5.97 Å². The number of hydrogen-bond acceptors (Lipinski definition) is 3. The topological polar surface area (TPSA) is 52.6 Å². The van der Waals surface area contributed by atoms with E-state index in [2.05, 4.69) is 24.1 Å².